The van der Waals surface area contributed by atoms with Gasteiger partial charge in [-0.05, 0) is 64.8 Å². The largest absolute Gasteiger partial charge is 0.493 e. The number of benzene rings is 2. The van der Waals surface area contributed by atoms with E-state index in [1.54, 1.807) is 24.3 Å². The van der Waals surface area contributed by atoms with E-state index in [-0.39, 0.29) is 24.0 Å². The lowest BCUT2D eigenvalue weighted by atomic mass is 9.84. The van der Waals surface area contributed by atoms with Gasteiger partial charge in [0.15, 0.2) is 18.1 Å². The molecule has 0 radical (unpaired) electrons. The Morgan fingerprint density at radius 3 is 2.74 bits per heavy atom. The highest BCUT2D eigenvalue weighted by Gasteiger charge is 2.35. The molecule has 0 spiro atoms. The number of H-pyrrole nitrogens is 1. The third-order valence-electron chi connectivity index (χ3n) is 5.19. The Morgan fingerprint density at radius 1 is 1.32 bits per heavy atom. The first-order chi connectivity index (χ1) is 16.3. The maximum atomic E-state index is 12.4. The quantitative estimate of drug-likeness (QED) is 0.386. The number of carbonyl (C=O) groups excluding carboxylic acids is 1. The minimum atomic E-state index is -0.521. The van der Waals surface area contributed by atoms with Gasteiger partial charge in [0, 0.05) is 21.4 Å². The molecule has 0 saturated heterocycles. The number of carbonyl (C=O) groups is 1. The average molecular weight is 589 g/mol. The van der Waals surface area contributed by atoms with Crippen molar-refractivity contribution in [2.75, 3.05) is 19.0 Å². The minimum Gasteiger partial charge on any atom is -0.493 e. The molecule has 1 aliphatic heterocycles. The fourth-order valence-electron chi connectivity index (χ4n) is 3.65. The maximum absolute atomic E-state index is 12.4. The number of anilines is 1. The normalized spacial score (nSPS) is 14.6. The Hall–Kier alpha value is -3.49. The molecule has 1 unspecified atom stereocenters. The van der Waals surface area contributed by atoms with E-state index >= 15 is 0 Å². The van der Waals surface area contributed by atoms with Gasteiger partial charge < -0.3 is 25.3 Å². The molecule has 4 N–H and O–H groups in total. The lowest BCUT2D eigenvalue weighted by Crippen LogP contribution is -2.21. The summed E-state index contributed by atoms with van der Waals surface area (Å²) in [5.41, 5.74) is 9.08. The highest BCUT2D eigenvalue weighted by atomic mass is 79.9. The number of nitrogens with two attached hydrogens (primary N) is 1. The average Bonchev–Trinajstić information content (AvgIpc) is 3.18. The molecule has 0 fully saturated rings. The van der Waals surface area contributed by atoms with E-state index < -0.39 is 5.92 Å². The summed E-state index contributed by atoms with van der Waals surface area (Å²) < 4.78 is 18.3. The van der Waals surface area contributed by atoms with E-state index in [2.05, 4.69) is 53.4 Å². The number of hydrogen-bond acceptors (Lipinski definition) is 7. The molecule has 11 heteroatoms. The molecule has 0 aliphatic carbocycles. The lowest BCUT2D eigenvalue weighted by Gasteiger charge is -2.24. The van der Waals surface area contributed by atoms with Crippen molar-refractivity contribution in [3.8, 4) is 23.4 Å². The van der Waals surface area contributed by atoms with Crippen molar-refractivity contribution in [1.29, 1.82) is 5.26 Å². The van der Waals surface area contributed by atoms with Crippen LogP contribution in [0.5, 0.6) is 17.4 Å². The van der Waals surface area contributed by atoms with Crippen LogP contribution < -0.4 is 25.3 Å². The number of nitriles is 1. The number of rotatable bonds is 6. The van der Waals surface area contributed by atoms with E-state index in [1.165, 1.54) is 7.11 Å². The summed E-state index contributed by atoms with van der Waals surface area (Å²) in [4.78, 5) is 12.4. The van der Waals surface area contributed by atoms with E-state index in [1.807, 2.05) is 19.1 Å². The van der Waals surface area contributed by atoms with Crippen LogP contribution in [0.25, 0.3) is 0 Å². The van der Waals surface area contributed by atoms with Crippen LogP contribution in [0.3, 0.4) is 0 Å². The number of aromatic amines is 1. The second kappa shape index (κ2) is 9.79. The smallest absolute Gasteiger partial charge is 0.262 e. The number of aryl methyl sites for hydroxylation is 1. The fourth-order valence-corrected chi connectivity index (χ4v) is 4.49. The Morgan fingerprint density at radius 2 is 2.06 bits per heavy atom. The van der Waals surface area contributed by atoms with Crippen LogP contribution in [0.2, 0.25) is 0 Å². The summed E-state index contributed by atoms with van der Waals surface area (Å²) >= 11 is 6.87. The number of methoxy groups -OCH3 is 1. The molecular weight excluding hydrogens is 570 g/mol. The first-order valence-corrected chi connectivity index (χ1v) is 11.6. The van der Waals surface area contributed by atoms with Crippen molar-refractivity contribution in [2.45, 2.75) is 12.8 Å². The summed E-state index contributed by atoms with van der Waals surface area (Å²) in [6.45, 7) is 1.61. The molecule has 2 heterocycles. The number of nitrogens with one attached hydrogen (secondary N) is 2. The van der Waals surface area contributed by atoms with Gasteiger partial charge in [-0.15, -0.1) is 5.10 Å². The molecule has 0 bridgehead atoms. The monoisotopic (exact) mass is 587 g/mol. The number of amides is 1. The predicted molar refractivity (Wildman–Crippen MR) is 132 cm³/mol. The number of fused-ring (bicyclic) bond motifs is 1. The topological polar surface area (TPSA) is 135 Å². The van der Waals surface area contributed by atoms with Gasteiger partial charge >= 0.3 is 0 Å². The van der Waals surface area contributed by atoms with Gasteiger partial charge in [-0.3, -0.25) is 9.89 Å². The Balaban J connectivity index is 1.61. The van der Waals surface area contributed by atoms with Crippen LogP contribution in [0, 0.1) is 18.3 Å². The zero-order valence-corrected chi connectivity index (χ0v) is 21.3. The zero-order valence-electron chi connectivity index (χ0n) is 18.1. The van der Waals surface area contributed by atoms with Gasteiger partial charge in [-0.1, -0.05) is 15.9 Å². The van der Waals surface area contributed by atoms with Crippen LogP contribution in [0.1, 0.15) is 22.7 Å². The Bertz CT molecular complexity index is 1330. The summed E-state index contributed by atoms with van der Waals surface area (Å²) in [6.07, 6.45) is 0. The highest BCUT2D eigenvalue weighted by molar-refractivity contribution is 9.10. The van der Waals surface area contributed by atoms with Gasteiger partial charge in [0.25, 0.3) is 5.91 Å². The standard InChI is InChI=1S/C23H19Br2N5O4/c1-11-19-20(15(9-26)22(27)34-23(19)30-29-11)12-7-16(25)21(17(8-12)32-2)33-10-18(31)28-14-5-3-13(24)4-6-14/h3-8,20H,10,27H2,1-2H3,(H,28,31)(H,29,30). The van der Waals surface area contributed by atoms with E-state index in [0.29, 0.717) is 38.7 Å². The lowest BCUT2D eigenvalue weighted by molar-refractivity contribution is -0.118. The van der Waals surface area contributed by atoms with Crippen LogP contribution in [0.15, 0.2) is 56.8 Å². The predicted octanol–water partition coefficient (Wildman–Crippen LogP) is 4.49. The molecule has 3 aromatic rings. The third kappa shape index (κ3) is 4.60. The Kier molecular flexibility index (Phi) is 6.81. The molecule has 0 saturated carbocycles. The van der Waals surface area contributed by atoms with Gasteiger partial charge in [-0.25, -0.2) is 0 Å². The highest BCUT2D eigenvalue weighted by Crippen LogP contribution is 2.46. The molecule has 1 amide bonds. The molecule has 2 aromatic carbocycles. The van der Waals surface area contributed by atoms with Crippen molar-refractivity contribution < 1.29 is 19.0 Å². The number of allylic oxidation sites excluding steroid dienone is 1. The molecule has 34 heavy (non-hydrogen) atoms. The molecular formula is C23H19Br2N5O4. The number of aromatic nitrogens is 2. The van der Waals surface area contributed by atoms with Crippen LogP contribution >= 0.6 is 31.9 Å². The van der Waals surface area contributed by atoms with Gasteiger partial charge in [0.1, 0.15) is 11.6 Å². The molecule has 9 nitrogen and oxygen atoms in total. The summed E-state index contributed by atoms with van der Waals surface area (Å²) in [7, 11) is 1.49. The summed E-state index contributed by atoms with van der Waals surface area (Å²) in [5.74, 6) is 0.193. The van der Waals surface area contributed by atoms with Crippen LogP contribution in [0.4, 0.5) is 5.69 Å². The molecule has 1 atom stereocenters. The van der Waals surface area contributed by atoms with Crippen molar-refractivity contribution >= 4 is 43.5 Å². The zero-order chi connectivity index (χ0) is 24.4. The summed E-state index contributed by atoms with van der Waals surface area (Å²) in [5, 5.41) is 19.5. The van der Waals surface area contributed by atoms with Crippen LogP contribution in [-0.4, -0.2) is 29.8 Å². The summed E-state index contributed by atoms with van der Waals surface area (Å²) in [6, 6.07) is 12.9. The number of nitrogens with zero attached hydrogens (tertiary/aromatic N) is 2. The van der Waals surface area contributed by atoms with Crippen LogP contribution in [-0.2, 0) is 4.79 Å². The van der Waals surface area contributed by atoms with Crippen molar-refractivity contribution in [2.24, 2.45) is 5.73 Å². The van der Waals surface area contributed by atoms with E-state index in [4.69, 9.17) is 19.9 Å². The fraction of sp³-hybridized carbons (Fsp3) is 0.174. The number of halogens is 2. The second-order valence-corrected chi connectivity index (χ2v) is 9.14. The first-order valence-electron chi connectivity index (χ1n) is 10.0. The van der Waals surface area contributed by atoms with E-state index in [0.717, 1.165) is 10.2 Å². The SMILES string of the molecule is COc1cc(C2C(C#N)=C(N)Oc3n[nH]c(C)c32)cc(Br)c1OCC(=O)Nc1ccc(Br)cc1. The molecule has 4 rings (SSSR count). The number of ether oxygens (including phenoxy) is 3. The number of hydrogen-bond donors (Lipinski definition) is 3. The van der Waals surface area contributed by atoms with Crippen molar-refractivity contribution in [1.82, 2.24) is 10.2 Å². The van der Waals surface area contributed by atoms with Crippen molar-refractivity contribution in [3.63, 3.8) is 0 Å². The van der Waals surface area contributed by atoms with Gasteiger partial charge in [0.05, 0.1) is 17.5 Å². The first kappa shape index (κ1) is 23.7. The van der Waals surface area contributed by atoms with Gasteiger partial charge in [-0.2, -0.15) is 5.26 Å². The van der Waals surface area contributed by atoms with Crippen molar-refractivity contribution in [3.05, 3.63) is 73.6 Å². The van der Waals surface area contributed by atoms with Gasteiger partial charge in [0.2, 0.25) is 11.8 Å². The molecule has 1 aromatic heterocycles. The molecule has 174 valence electrons. The third-order valence-corrected chi connectivity index (χ3v) is 6.31. The maximum Gasteiger partial charge on any atom is 0.262 e. The Labute approximate surface area is 212 Å². The molecule has 1 aliphatic rings. The minimum absolute atomic E-state index is 0.00784. The second-order valence-electron chi connectivity index (χ2n) is 7.37. The van der Waals surface area contributed by atoms with E-state index in [9.17, 15) is 10.1 Å².